The van der Waals surface area contributed by atoms with E-state index in [1.807, 2.05) is 6.92 Å². The van der Waals surface area contributed by atoms with Gasteiger partial charge in [0, 0.05) is 5.56 Å². The van der Waals surface area contributed by atoms with Crippen LogP contribution in [0.1, 0.15) is 37.0 Å². The molecule has 0 aromatic heterocycles. The number of hydrogen-bond acceptors (Lipinski definition) is 2. The quantitative estimate of drug-likeness (QED) is 0.864. The van der Waals surface area contributed by atoms with Gasteiger partial charge in [-0.2, -0.15) is 0 Å². The molecule has 4 heteroatoms. The molecule has 1 aromatic carbocycles. The molecule has 1 fully saturated rings. The van der Waals surface area contributed by atoms with Gasteiger partial charge in [0.25, 0.3) is 0 Å². The maximum Gasteiger partial charge on any atom is 0.164 e. The van der Waals surface area contributed by atoms with Gasteiger partial charge in [-0.25, -0.2) is 8.78 Å². The van der Waals surface area contributed by atoms with E-state index in [0.717, 1.165) is 6.42 Å². The number of aliphatic hydroxyl groups is 1. The van der Waals surface area contributed by atoms with E-state index in [1.54, 1.807) is 0 Å². The standard InChI is InChI=1S/C13H16F2O2/c1-7-3-5-9(12(15)11(7)14)13(16)10-6-4-8(2)17-10/h3,5,8,10,13,16H,4,6H2,1-2H3. The number of halogens is 2. The van der Waals surface area contributed by atoms with Crippen LogP contribution in [0, 0.1) is 18.6 Å². The number of benzene rings is 1. The highest BCUT2D eigenvalue weighted by molar-refractivity contribution is 5.27. The van der Waals surface area contributed by atoms with E-state index in [-0.39, 0.29) is 17.2 Å². The Morgan fingerprint density at radius 1 is 1.29 bits per heavy atom. The zero-order valence-corrected chi connectivity index (χ0v) is 9.91. The highest BCUT2D eigenvalue weighted by Gasteiger charge is 2.31. The van der Waals surface area contributed by atoms with Crippen molar-refractivity contribution in [3.05, 3.63) is 34.9 Å². The van der Waals surface area contributed by atoms with Crippen LogP contribution >= 0.6 is 0 Å². The molecule has 2 rings (SSSR count). The molecule has 2 nitrogen and oxygen atoms in total. The van der Waals surface area contributed by atoms with Crippen LogP contribution in [-0.4, -0.2) is 17.3 Å². The van der Waals surface area contributed by atoms with Crippen molar-refractivity contribution in [3.63, 3.8) is 0 Å². The van der Waals surface area contributed by atoms with Gasteiger partial charge in [0.15, 0.2) is 11.6 Å². The van der Waals surface area contributed by atoms with Crippen molar-refractivity contribution in [2.24, 2.45) is 0 Å². The number of rotatable bonds is 2. The van der Waals surface area contributed by atoms with Crippen LogP contribution in [-0.2, 0) is 4.74 Å². The summed E-state index contributed by atoms with van der Waals surface area (Å²) in [5.41, 5.74) is 0.214. The third kappa shape index (κ3) is 2.33. The zero-order valence-electron chi connectivity index (χ0n) is 9.91. The fraction of sp³-hybridized carbons (Fsp3) is 0.538. The fourth-order valence-electron chi connectivity index (χ4n) is 2.16. The summed E-state index contributed by atoms with van der Waals surface area (Å²) < 4.78 is 32.5. The summed E-state index contributed by atoms with van der Waals surface area (Å²) in [4.78, 5) is 0. The smallest absolute Gasteiger partial charge is 0.164 e. The molecule has 1 saturated heterocycles. The Morgan fingerprint density at radius 3 is 2.59 bits per heavy atom. The highest BCUT2D eigenvalue weighted by atomic mass is 19.2. The van der Waals surface area contributed by atoms with Crippen LogP contribution in [0.25, 0.3) is 0 Å². The molecule has 1 aliphatic heterocycles. The molecule has 94 valence electrons. The van der Waals surface area contributed by atoms with Gasteiger partial charge in [-0.1, -0.05) is 12.1 Å². The SMILES string of the molecule is Cc1ccc(C(O)C2CCC(C)O2)c(F)c1F. The van der Waals surface area contributed by atoms with Crippen LogP contribution in [0.3, 0.4) is 0 Å². The first-order valence-corrected chi connectivity index (χ1v) is 5.78. The second kappa shape index (κ2) is 4.70. The summed E-state index contributed by atoms with van der Waals surface area (Å²) in [5.74, 6) is -1.87. The summed E-state index contributed by atoms with van der Waals surface area (Å²) in [6.45, 7) is 3.39. The minimum Gasteiger partial charge on any atom is -0.386 e. The third-order valence-corrected chi connectivity index (χ3v) is 3.24. The molecule has 1 N–H and O–H groups in total. The summed E-state index contributed by atoms with van der Waals surface area (Å²) in [6, 6.07) is 2.89. The van der Waals surface area contributed by atoms with Crippen LogP contribution in [0.4, 0.5) is 8.78 Å². The fourth-order valence-corrected chi connectivity index (χ4v) is 2.16. The first-order valence-electron chi connectivity index (χ1n) is 5.78. The maximum atomic E-state index is 13.7. The van der Waals surface area contributed by atoms with Crippen molar-refractivity contribution in [1.29, 1.82) is 0 Å². The van der Waals surface area contributed by atoms with E-state index < -0.39 is 23.8 Å². The Labute approximate surface area is 99.2 Å². The number of aliphatic hydroxyl groups excluding tert-OH is 1. The van der Waals surface area contributed by atoms with E-state index in [4.69, 9.17) is 4.74 Å². The lowest BCUT2D eigenvalue weighted by Crippen LogP contribution is -2.20. The lowest BCUT2D eigenvalue weighted by atomic mass is 10.00. The predicted molar refractivity (Wildman–Crippen MR) is 59.6 cm³/mol. The van der Waals surface area contributed by atoms with E-state index in [0.29, 0.717) is 6.42 Å². The molecule has 0 spiro atoms. The molecule has 0 saturated carbocycles. The van der Waals surface area contributed by atoms with Crippen molar-refractivity contribution >= 4 is 0 Å². The van der Waals surface area contributed by atoms with Gasteiger partial charge in [0.05, 0.1) is 12.2 Å². The molecule has 1 aliphatic rings. The van der Waals surface area contributed by atoms with Gasteiger partial charge in [0.2, 0.25) is 0 Å². The van der Waals surface area contributed by atoms with Gasteiger partial charge in [0.1, 0.15) is 6.10 Å². The average molecular weight is 242 g/mol. The minimum absolute atomic E-state index is 0.0211. The van der Waals surface area contributed by atoms with E-state index >= 15 is 0 Å². The summed E-state index contributed by atoms with van der Waals surface area (Å²) in [7, 11) is 0. The Bertz CT molecular complexity index is 420. The van der Waals surface area contributed by atoms with Crippen LogP contribution in [0.5, 0.6) is 0 Å². The monoisotopic (exact) mass is 242 g/mol. The summed E-state index contributed by atoms with van der Waals surface area (Å²) >= 11 is 0. The number of hydrogen-bond donors (Lipinski definition) is 1. The molecule has 0 radical (unpaired) electrons. The summed E-state index contributed by atoms with van der Waals surface area (Å²) in [6.07, 6.45) is 0.0132. The van der Waals surface area contributed by atoms with Crippen molar-refractivity contribution in [3.8, 4) is 0 Å². The van der Waals surface area contributed by atoms with Gasteiger partial charge < -0.3 is 9.84 Å². The largest absolute Gasteiger partial charge is 0.386 e. The molecule has 3 atom stereocenters. The Balaban J connectivity index is 2.25. The molecule has 0 aliphatic carbocycles. The second-order valence-electron chi connectivity index (χ2n) is 4.61. The molecule has 17 heavy (non-hydrogen) atoms. The van der Waals surface area contributed by atoms with Crippen molar-refractivity contribution in [1.82, 2.24) is 0 Å². The predicted octanol–water partition coefficient (Wildman–Crippen LogP) is 2.87. The van der Waals surface area contributed by atoms with Gasteiger partial charge in [-0.15, -0.1) is 0 Å². The Morgan fingerprint density at radius 2 is 2.00 bits per heavy atom. The van der Waals surface area contributed by atoms with Crippen molar-refractivity contribution in [2.75, 3.05) is 0 Å². The molecule has 3 unspecified atom stereocenters. The molecular formula is C13H16F2O2. The highest BCUT2D eigenvalue weighted by Crippen LogP contribution is 2.32. The molecular weight excluding hydrogens is 226 g/mol. The lowest BCUT2D eigenvalue weighted by molar-refractivity contribution is -0.0312. The third-order valence-electron chi connectivity index (χ3n) is 3.24. The maximum absolute atomic E-state index is 13.7. The first-order chi connectivity index (χ1) is 8.00. The minimum atomic E-state index is -1.10. The van der Waals surface area contributed by atoms with Gasteiger partial charge >= 0.3 is 0 Å². The Kier molecular flexibility index (Phi) is 3.45. The van der Waals surface area contributed by atoms with Crippen LogP contribution < -0.4 is 0 Å². The van der Waals surface area contributed by atoms with E-state index in [1.165, 1.54) is 19.1 Å². The van der Waals surface area contributed by atoms with Crippen molar-refractivity contribution in [2.45, 2.75) is 45.0 Å². The normalized spacial score (nSPS) is 26.2. The van der Waals surface area contributed by atoms with Gasteiger partial charge in [-0.3, -0.25) is 0 Å². The van der Waals surface area contributed by atoms with Crippen LogP contribution in [0.2, 0.25) is 0 Å². The van der Waals surface area contributed by atoms with E-state index in [9.17, 15) is 13.9 Å². The average Bonchev–Trinajstić information content (AvgIpc) is 2.72. The second-order valence-corrected chi connectivity index (χ2v) is 4.61. The van der Waals surface area contributed by atoms with Crippen LogP contribution in [0.15, 0.2) is 12.1 Å². The molecule has 1 heterocycles. The number of ether oxygens (including phenoxy) is 1. The molecule has 1 aromatic rings. The van der Waals surface area contributed by atoms with Gasteiger partial charge in [-0.05, 0) is 32.3 Å². The van der Waals surface area contributed by atoms with E-state index in [2.05, 4.69) is 0 Å². The molecule has 0 amide bonds. The first kappa shape index (κ1) is 12.5. The summed E-state index contributed by atoms with van der Waals surface area (Å²) in [5, 5.41) is 10.0. The topological polar surface area (TPSA) is 29.5 Å². The van der Waals surface area contributed by atoms with Crippen molar-refractivity contribution < 1.29 is 18.6 Å². The molecule has 0 bridgehead atoms. The zero-order chi connectivity index (χ0) is 12.6. The lowest BCUT2D eigenvalue weighted by Gasteiger charge is -2.19. The Hall–Kier alpha value is -1.00. The number of aryl methyl sites for hydroxylation is 1.